The molecule has 260 valence electrons. The molecule has 0 spiro atoms. The third kappa shape index (κ3) is 11.1. The molecule has 5 atom stereocenters. The smallest absolute Gasteiger partial charge is 0.265 e. The van der Waals surface area contributed by atoms with E-state index >= 15 is 0 Å². The van der Waals surface area contributed by atoms with E-state index < -0.39 is 94.3 Å². The third-order valence-corrected chi connectivity index (χ3v) is 11.9. The monoisotopic (exact) mass is 756 g/mol. The van der Waals surface area contributed by atoms with Gasteiger partial charge >= 0.3 is 0 Å². The van der Waals surface area contributed by atoms with Gasteiger partial charge in [-0.15, -0.1) is 11.3 Å². The standard InChI is InChI=1S/C28H33FO13S5/c1-17-3-4-19(11-20(17)12-22-9-10-27(43-22)18-5-7-21(29)8-6-18)28-25(16-47(38,39)40)23(14-45(32,33)34)24(15-46(35,36)37)26(42-28)13-41-44(2,30)31/h3-11,23-26,28H,12-16H2,1-2H3,(H,32,33,34)(H,35,36,37)(H,38,39,40)/t23-,24+,25-,26-,28-/m0/s1. The first-order chi connectivity index (χ1) is 21.6. The van der Waals surface area contributed by atoms with E-state index in [9.17, 15) is 51.7 Å². The van der Waals surface area contributed by atoms with Crippen molar-refractivity contribution in [2.45, 2.75) is 25.6 Å². The fourth-order valence-corrected chi connectivity index (χ4v) is 10.0. The summed E-state index contributed by atoms with van der Waals surface area (Å²) in [6.07, 6.45) is -1.84. The minimum atomic E-state index is -4.94. The van der Waals surface area contributed by atoms with Gasteiger partial charge in [0.1, 0.15) is 5.82 Å². The molecule has 0 saturated carbocycles. The summed E-state index contributed by atoms with van der Waals surface area (Å²) in [5, 5.41) is 0. The van der Waals surface area contributed by atoms with Crippen LogP contribution in [0.2, 0.25) is 0 Å². The number of hydrogen-bond donors (Lipinski definition) is 3. The first-order valence-electron chi connectivity index (χ1n) is 13.9. The summed E-state index contributed by atoms with van der Waals surface area (Å²) in [4.78, 5) is 1.78. The van der Waals surface area contributed by atoms with Gasteiger partial charge in [-0.25, -0.2) is 4.39 Å². The van der Waals surface area contributed by atoms with E-state index in [0.29, 0.717) is 12.7 Å². The molecule has 19 heteroatoms. The fourth-order valence-electron chi connectivity index (χ4n) is 5.79. The molecule has 2 heterocycles. The molecule has 2 aromatic carbocycles. The lowest BCUT2D eigenvalue weighted by atomic mass is 9.74. The molecule has 3 N–H and O–H groups in total. The van der Waals surface area contributed by atoms with Crippen LogP contribution in [0, 0.1) is 30.5 Å². The molecule has 1 fully saturated rings. The first-order valence-corrected chi connectivity index (χ1v) is 21.3. The summed E-state index contributed by atoms with van der Waals surface area (Å²) in [6, 6.07) is 14.7. The summed E-state index contributed by atoms with van der Waals surface area (Å²) in [5.74, 6) is -8.61. The van der Waals surface area contributed by atoms with Crippen molar-refractivity contribution in [1.29, 1.82) is 0 Å². The number of aryl methyl sites for hydroxylation is 1. The van der Waals surface area contributed by atoms with Crippen LogP contribution in [-0.4, -0.2) is 83.6 Å². The molecular weight excluding hydrogens is 724 g/mol. The number of benzene rings is 2. The molecule has 0 amide bonds. The number of hydrogen-bond acceptors (Lipinski definition) is 11. The van der Waals surface area contributed by atoms with Gasteiger partial charge in [-0.2, -0.15) is 33.7 Å². The number of ether oxygens (including phenoxy) is 1. The largest absolute Gasteiger partial charge is 0.367 e. The lowest BCUT2D eigenvalue weighted by molar-refractivity contribution is -0.144. The highest BCUT2D eigenvalue weighted by molar-refractivity contribution is 7.86. The van der Waals surface area contributed by atoms with Crippen molar-refractivity contribution in [2.75, 3.05) is 30.1 Å². The second-order valence-corrected chi connectivity index (χ2v) is 18.8. The summed E-state index contributed by atoms with van der Waals surface area (Å²) in [6.45, 7) is 0.979. The lowest BCUT2D eigenvalue weighted by Crippen LogP contribution is -2.52. The molecule has 1 aliphatic heterocycles. The normalized spacial score (nSPS) is 22.7. The zero-order valence-corrected chi connectivity index (χ0v) is 29.0. The summed E-state index contributed by atoms with van der Waals surface area (Å²) in [7, 11) is -18.9. The average molecular weight is 757 g/mol. The molecule has 4 rings (SSSR count). The predicted octanol–water partition coefficient (Wildman–Crippen LogP) is 3.38. The van der Waals surface area contributed by atoms with Gasteiger partial charge in [-0.05, 0) is 59.4 Å². The van der Waals surface area contributed by atoms with Gasteiger partial charge in [0.05, 0.1) is 42.3 Å². The maximum Gasteiger partial charge on any atom is 0.265 e. The van der Waals surface area contributed by atoms with Crippen LogP contribution < -0.4 is 0 Å². The maximum absolute atomic E-state index is 13.4. The van der Waals surface area contributed by atoms with E-state index in [-0.39, 0.29) is 11.4 Å². The van der Waals surface area contributed by atoms with Crippen molar-refractivity contribution >= 4 is 51.8 Å². The topological polar surface area (TPSA) is 216 Å². The van der Waals surface area contributed by atoms with E-state index in [1.165, 1.54) is 23.5 Å². The van der Waals surface area contributed by atoms with Crippen molar-refractivity contribution in [3.63, 3.8) is 0 Å². The van der Waals surface area contributed by atoms with E-state index in [1.807, 2.05) is 19.1 Å². The average Bonchev–Trinajstić information content (AvgIpc) is 3.37. The predicted molar refractivity (Wildman–Crippen MR) is 172 cm³/mol. The molecule has 0 aliphatic carbocycles. The highest BCUT2D eigenvalue weighted by atomic mass is 32.2. The van der Waals surface area contributed by atoms with E-state index in [2.05, 4.69) is 0 Å². The van der Waals surface area contributed by atoms with Crippen molar-refractivity contribution in [3.05, 3.63) is 82.0 Å². The minimum Gasteiger partial charge on any atom is -0.367 e. The Morgan fingerprint density at radius 3 is 1.94 bits per heavy atom. The van der Waals surface area contributed by atoms with Crippen LogP contribution in [-0.2, 0) is 55.8 Å². The summed E-state index contributed by atoms with van der Waals surface area (Å²) < 4.78 is 150. The Hall–Kier alpha value is -2.33. The van der Waals surface area contributed by atoms with Gasteiger partial charge in [0.15, 0.2) is 0 Å². The molecule has 1 aliphatic rings. The van der Waals surface area contributed by atoms with Crippen LogP contribution in [0.3, 0.4) is 0 Å². The number of thiophene rings is 1. The quantitative estimate of drug-likeness (QED) is 0.169. The number of halogens is 1. The van der Waals surface area contributed by atoms with Gasteiger partial charge in [0.25, 0.3) is 40.5 Å². The second kappa shape index (κ2) is 14.3. The fraction of sp³-hybridized carbons (Fsp3) is 0.429. The Labute approximate surface area is 277 Å². The maximum atomic E-state index is 13.4. The highest BCUT2D eigenvalue weighted by Gasteiger charge is 2.50. The van der Waals surface area contributed by atoms with Crippen LogP contribution in [0.25, 0.3) is 10.4 Å². The van der Waals surface area contributed by atoms with Crippen LogP contribution in [0.15, 0.2) is 54.6 Å². The van der Waals surface area contributed by atoms with Gasteiger partial charge in [0.2, 0.25) is 0 Å². The van der Waals surface area contributed by atoms with E-state index in [1.54, 1.807) is 30.3 Å². The van der Waals surface area contributed by atoms with E-state index in [0.717, 1.165) is 26.4 Å². The van der Waals surface area contributed by atoms with Crippen LogP contribution in [0.4, 0.5) is 4.39 Å². The molecule has 0 unspecified atom stereocenters. The molecule has 3 aromatic rings. The SMILES string of the molecule is Cc1ccc([C@@H]2O[C@@H](COS(C)(=O)=O)[C@H](CS(=O)(=O)O)[C@H](CS(=O)(=O)O)[C@@H]2CS(=O)(=O)O)cc1Cc1ccc(-c2ccc(F)cc2)s1. The van der Waals surface area contributed by atoms with Crippen LogP contribution in [0.5, 0.6) is 0 Å². The summed E-state index contributed by atoms with van der Waals surface area (Å²) >= 11 is 1.45. The van der Waals surface area contributed by atoms with Gasteiger partial charge < -0.3 is 4.74 Å². The van der Waals surface area contributed by atoms with Crippen molar-refractivity contribution in [2.24, 2.45) is 17.8 Å². The van der Waals surface area contributed by atoms with Gasteiger partial charge in [-0.3, -0.25) is 17.8 Å². The second-order valence-electron chi connectivity index (χ2n) is 11.5. The number of rotatable bonds is 13. The van der Waals surface area contributed by atoms with Gasteiger partial charge in [-0.1, -0.05) is 30.3 Å². The molecular formula is C28H33FO13S5. The molecule has 0 bridgehead atoms. The first kappa shape index (κ1) is 37.5. The molecule has 1 aromatic heterocycles. The lowest BCUT2D eigenvalue weighted by Gasteiger charge is -2.46. The van der Waals surface area contributed by atoms with Crippen LogP contribution >= 0.6 is 11.3 Å². The molecule has 1 saturated heterocycles. The Kier molecular flexibility index (Phi) is 11.4. The minimum absolute atomic E-state index is 0.282. The highest BCUT2D eigenvalue weighted by Crippen LogP contribution is 2.46. The van der Waals surface area contributed by atoms with Crippen LogP contribution in [0.1, 0.15) is 27.7 Å². The Morgan fingerprint density at radius 1 is 0.787 bits per heavy atom. The zero-order chi connectivity index (χ0) is 34.9. The van der Waals surface area contributed by atoms with Crippen molar-refractivity contribution in [3.8, 4) is 10.4 Å². The molecule has 0 radical (unpaired) electrons. The molecule has 47 heavy (non-hydrogen) atoms. The summed E-state index contributed by atoms with van der Waals surface area (Å²) in [5.41, 5.74) is 2.64. The van der Waals surface area contributed by atoms with Gasteiger partial charge in [0, 0.05) is 28.0 Å². The van der Waals surface area contributed by atoms with Crippen molar-refractivity contribution in [1.82, 2.24) is 0 Å². The third-order valence-electron chi connectivity index (χ3n) is 7.80. The Bertz CT molecular complexity index is 2020. The zero-order valence-electron chi connectivity index (χ0n) is 25.0. The Morgan fingerprint density at radius 2 is 1.36 bits per heavy atom. The molecule has 13 nitrogen and oxygen atoms in total. The Balaban J connectivity index is 1.79. The van der Waals surface area contributed by atoms with Crippen molar-refractivity contribution < 1.29 is 60.6 Å². The van der Waals surface area contributed by atoms with E-state index in [4.69, 9.17) is 8.92 Å².